The Bertz CT molecular complexity index is 360. The first-order chi connectivity index (χ1) is 10.2. The van der Waals surface area contributed by atoms with Gasteiger partial charge in [0.2, 0.25) is 0 Å². The molecule has 1 rings (SSSR count). The average molecular weight is 291 g/mol. The van der Waals surface area contributed by atoms with Crippen LogP contribution < -0.4 is 10.1 Å². The second kappa shape index (κ2) is 10.7. The first-order valence-corrected chi connectivity index (χ1v) is 8.61. The molecule has 0 amide bonds. The van der Waals surface area contributed by atoms with Gasteiger partial charge in [-0.15, -0.1) is 0 Å². The third-order valence-corrected chi connectivity index (χ3v) is 4.39. The zero-order valence-electron chi connectivity index (χ0n) is 14.3. The van der Waals surface area contributed by atoms with Gasteiger partial charge in [-0.05, 0) is 49.4 Å². The fourth-order valence-corrected chi connectivity index (χ4v) is 3.04. The summed E-state index contributed by atoms with van der Waals surface area (Å²) in [5, 5.41) is 3.71. The van der Waals surface area contributed by atoms with E-state index in [1.54, 1.807) is 7.11 Å². The molecule has 0 heterocycles. The Morgan fingerprint density at radius 1 is 1.05 bits per heavy atom. The molecule has 0 saturated carbocycles. The SMILES string of the molecule is CCCCC(CC)C(CCc1ccc(OC)cc1)NCC. The third kappa shape index (κ3) is 6.52. The zero-order chi connectivity index (χ0) is 15.5. The van der Waals surface area contributed by atoms with E-state index in [1.807, 2.05) is 0 Å². The van der Waals surface area contributed by atoms with Crippen LogP contribution in [0.3, 0.4) is 0 Å². The monoisotopic (exact) mass is 291 g/mol. The normalized spacial score (nSPS) is 13.9. The van der Waals surface area contributed by atoms with Gasteiger partial charge in [0.05, 0.1) is 7.11 Å². The molecule has 0 fully saturated rings. The predicted octanol–water partition coefficient (Wildman–Crippen LogP) is 4.82. The highest BCUT2D eigenvalue weighted by Gasteiger charge is 2.18. The van der Waals surface area contributed by atoms with Crippen LogP contribution in [0.25, 0.3) is 0 Å². The number of unbranched alkanes of at least 4 members (excludes halogenated alkanes) is 1. The lowest BCUT2D eigenvalue weighted by Gasteiger charge is -2.27. The van der Waals surface area contributed by atoms with Gasteiger partial charge in [-0.1, -0.05) is 52.2 Å². The number of hydrogen-bond acceptors (Lipinski definition) is 2. The van der Waals surface area contributed by atoms with Gasteiger partial charge < -0.3 is 10.1 Å². The Labute approximate surface area is 131 Å². The van der Waals surface area contributed by atoms with E-state index < -0.39 is 0 Å². The molecule has 2 atom stereocenters. The minimum Gasteiger partial charge on any atom is -0.497 e. The zero-order valence-corrected chi connectivity index (χ0v) is 14.3. The molecule has 2 nitrogen and oxygen atoms in total. The first kappa shape index (κ1) is 18.0. The highest BCUT2D eigenvalue weighted by atomic mass is 16.5. The van der Waals surface area contributed by atoms with E-state index in [-0.39, 0.29) is 0 Å². The quantitative estimate of drug-likeness (QED) is 0.631. The van der Waals surface area contributed by atoms with Crippen LogP contribution in [0.5, 0.6) is 5.75 Å². The molecule has 21 heavy (non-hydrogen) atoms. The summed E-state index contributed by atoms with van der Waals surface area (Å²) in [5.74, 6) is 1.75. The first-order valence-electron chi connectivity index (χ1n) is 8.61. The van der Waals surface area contributed by atoms with Crippen molar-refractivity contribution in [3.05, 3.63) is 29.8 Å². The lowest BCUT2D eigenvalue weighted by molar-refractivity contribution is 0.307. The van der Waals surface area contributed by atoms with Gasteiger partial charge >= 0.3 is 0 Å². The average Bonchev–Trinajstić information content (AvgIpc) is 2.53. The topological polar surface area (TPSA) is 21.3 Å². The summed E-state index contributed by atoms with van der Waals surface area (Å²) in [5.41, 5.74) is 1.41. The summed E-state index contributed by atoms with van der Waals surface area (Å²) in [7, 11) is 1.72. The van der Waals surface area contributed by atoms with E-state index in [1.165, 1.54) is 37.7 Å². The lowest BCUT2D eigenvalue weighted by Crippen LogP contribution is -2.36. The number of rotatable bonds is 11. The molecule has 0 aliphatic carbocycles. The van der Waals surface area contributed by atoms with Crippen molar-refractivity contribution in [2.45, 2.75) is 65.3 Å². The number of methoxy groups -OCH3 is 1. The maximum absolute atomic E-state index is 5.22. The van der Waals surface area contributed by atoms with E-state index in [2.05, 4.69) is 50.4 Å². The second-order valence-electron chi connectivity index (χ2n) is 5.86. The van der Waals surface area contributed by atoms with Crippen LogP contribution >= 0.6 is 0 Å². The maximum atomic E-state index is 5.22. The maximum Gasteiger partial charge on any atom is 0.118 e. The van der Waals surface area contributed by atoms with Crippen LogP contribution in [0.4, 0.5) is 0 Å². The second-order valence-corrected chi connectivity index (χ2v) is 5.86. The standard InChI is InChI=1S/C19H33NO/c1-5-8-9-17(6-2)19(20-7-3)15-12-16-10-13-18(21-4)14-11-16/h10-11,13-14,17,19-20H,5-9,12,15H2,1-4H3. The highest BCUT2D eigenvalue weighted by molar-refractivity contribution is 5.27. The molecule has 2 unspecified atom stereocenters. The van der Waals surface area contributed by atoms with E-state index in [0.29, 0.717) is 6.04 Å². The van der Waals surface area contributed by atoms with Gasteiger partial charge in [0.25, 0.3) is 0 Å². The molecule has 1 aromatic rings. The van der Waals surface area contributed by atoms with Crippen molar-refractivity contribution in [1.82, 2.24) is 5.32 Å². The fourth-order valence-electron chi connectivity index (χ4n) is 3.04. The molecular weight excluding hydrogens is 258 g/mol. The Kier molecular flexibility index (Phi) is 9.16. The smallest absolute Gasteiger partial charge is 0.118 e. The van der Waals surface area contributed by atoms with Crippen molar-refractivity contribution < 1.29 is 4.74 Å². The van der Waals surface area contributed by atoms with Crippen LogP contribution in [0, 0.1) is 5.92 Å². The van der Waals surface area contributed by atoms with Crippen LogP contribution in [0.15, 0.2) is 24.3 Å². The summed E-state index contributed by atoms with van der Waals surface area (Å²) < 4.78 is 5.22. The van der Waals surface area contributed by atoms with Gasteiger partial charge in [-0.25, -0.2) is 0 Å². The molecule has 0 radical (unpaired) electrons. The van der Waals surface area contributed by atoms with Crippen LogP contribution in [0.1, 0.15) is 58.4 Å². The minimum atomic E-state index is 0.647. The molecule has 0 bridgehead atoms. The van der Waals surface area contributed by atoms with Gasteiger partial charge in [-0.2, -0.15) is 0 Å². The molecule has 0 aromatic heterocycles. The number of aryl methyl sites for hydroxylation is 1. The molecule has 0 saturated heterocycles. The molecule has 0 aliphatic heterocycles. The van der Waals surface area contributed by atoms with Crippen molar-refractivity contribution in [3.63, 3.8) is 0 Å². The molecule has 1 N–H and O–H groups in total. The number of nitrogens with one attached hydrogen (secondary N) is 1. The Morgan fingerprint density at radius 3 is 2.29 bits per heavy atom. The molecule has 0 spiro atoms. The van der Waals surface area contributed by atoms with Crippen LogP contribution in [0.2, 0.25) is 0 Å². The van der Waals surface area contributed by atoms with E-state index >= 15 is 0 Å². The Hall–Kier alpha value is -1.02. The predicted molar refractivity (Wildman–Crippen MR) is 92.1 cm³/mol. The van der Waals surface area contributed by atoms with E-state index in [9.17, 15) is 0 Å². The summed E-state index contributed by atoms with van der Waals surface area (Å²) in [6.07, 6.45) is 7.65. The van der Waals surface area contributed by atoms with Gasteiger partial charge in [0.1, 0.15) is 5.75 Å². The molecule has 2 heteroatoms. The summed E-state index contributed by atoms with van der Waals surface area (Å²) in [6.45, 7) is 7.90. The van der Waals surface area contributed by atoms with Crippen LogP contribution in [-0.4, -0.2) is 19.7 Å². The molecular formula is C19H33NO. The molecule has 120 valence electrons. The van der Waals surface area contributed by atoms with Crippen molar-refractivity contribution in [3.8, 4) is 5.75 Å². The van der Waals surface area contributed by atoms with Crippen LogP contribution in [-0.2, 0) is 6.42 Å². The number of benzene rings is 1. The fraction of sp³-hybridized carbons (Fsp3) is 0.684. The van der Waals surface area contributed by atoms with Gasteiger partial charge in [0, 0.05) is 6.04 Å². The van der Waals surface area contributed by atoms with E-state index in [0.717, 1.165) is 24.6 Å². The number of ether oxygens (including phenoxy) is 1. The molecule has 1 aromatic carbocycles. The third-order valence-electron chi connectivity index (χ3n) is 4.39. The highest BCUT2D eigenvalue weighted by Crippen LogP contribution is 2.21. The summed E-state index contributed by atoms with van der Waals surface area (Å²) in [6, 6.07) is 9.15. The van der Waals surface area contributed by atoms with Gasteiger partial charge in [-0.3, -0.25) is 0 Å². The summed E-state index contributed by atoms with van der Waals surface area (Å²) >= 11 is 0. The van der Waals surface area contributed by atoms with Crippen molar-refractivity contribution >= 4 is 0 Å². The van der Waals surface area contributed by atoms with Crippen molar-refractivity contribution in [2.75, 3.05) is 13.7 Å². The molecule has 0 aliphatic rings. The van der Waals surface area contributed by atoms with Crippen molar-refractivity contribution in [1.29, 1.82) is 0 Å². The van der Waals surface area contributed by atoms with E-state index in [4.69, 9.17) is 4.74 Å². The van der Waals surface area contributed by atoms with Gasteiger partial charge in [0.15, 0.2) is 0 Å². The Balaban J connectivity index is 2.55. The Morgan fingerprint density at radius 2 is 1.76 bits per heavy atom. The number of hydrogen-bond donors (Lipinski definition) is 1. The van der Waals surface area contributed by atoms with Crippen molar-refractivity contribution in [2.24, 2.45) is 5.92 Å². The minimum absolute atomic E-state index is 0.647. The lowest BCUT2D eigenvalue weighted by atomic mass is 9.87. The summed E-state index contributed by atoms with van der Waals surface area (Å²) in [4.78, 5) is 0. The largest absolute Gasteiger partial charge is 0.497 e.